The van der Waals surface area contributed by atoms with Gasteiger partial charge in [0.05, 0.1) is 0 Å². The maximum absolute atomic E-state index is 10.9. The number of carbonyl (C=O) groups is 1. The summed E-state index contributed by atoms with van der Waals surface area (Å²) >= 11 is 2.39. The normalized spacial score (nSPS) is 36.9. The average Bonchev–Trinajstić information content (AvgIpc) is 1.60. The Labute approximate surface area is 69.3 Å². The molecule has 0 N–H and O–H groups in total. The number of Topliss-reactive ketones (excluding diaryl/α,β-unsaturated/α-hetero) is 1. The van der Waals surface area contributed by atoms with E-state index in [9.17, 15) is 4.79 Å². The van der Waals surface area contributed by atoms with Gasteiger partial charge in [0.2, 0.25) is 0 Å². The fourth-order valence-electron chi connectivity index (χ4n) is 1.24. The fourth-order valence-corrected chi connectivity index (χ4v) is 2.05. The molecule has 1 nitrogen and oxygen atoms in total. The summed E-state index contributed by atoms with van der Waals surface area (Å²) in [5.41, 5.74) is 0. The first-order chi connectivity index (χ1) is 4.10. The van der Waals surface area contributed by atoms with Crippen LogP contribution in [0.15, 0.2) is 0 Å². The minimum absolute atomic E-state index is 0.271. The first kappa shape index (κ1) is 7.51. The van der Waals surface area contributed by atoms with Gasteiger partial charge in [0.15, 0.2) is 0 Å². The van der Waals surface area contributed by atoms with Crippen LogP contribution in [0.25, 0.3) is 0 Å². The summed E-state index contributed by atoms with van der Waals surface area (Å²) in [6.07, 6.45) is 3.91. The van der Waals surface area contributed by atoms with Crippen LogP contribution in [0.4, 0.5) is 0 Å². The minimum Gasteiger partial charge on any atom is -0.300 e. The highest BCUT2D eigenvalue weighted by Gasteiger charge is 2.27. The molecule has 1 atom stereocenters. The summed E-state index contributed by atoms with van der Waals surface area (Å²) in [5.74, 6) is 0.443. The summed E-state index contributed by atoms with van der Waals surface area (Å²) in [5, 5.41) is 0. The van der Waals surface area contributed by atoms with Crippen LogP contribution in [0.2, 0.25) is 0 Å². The van der Waals surface area contributed by atoms with Crippen molar-refractivity contribution in [2.24, 2.45) is 0 Å². The Hall–Kier alpha value is 0.400. The molecule has 0 aromatic carbocycles. The second-order valence-corrected chi connectivity index (χ2v) is 5.59. The third-order valence-electron chi connectivity index (χ3n) is 1.72. The lowest BCUT2D eigenvalue weighted by Crippen LogP contribution is -2.25. The molecule has 0 radical (unpaired) electrons. The lowest BCUT2D eigenvalue weighted by Gasteiger charge is -2.25. The molecule has 0 aromatic heterocycles. The van der Waals surface area contributed by atoms with Crippen LogP contribution in [0.1, 0.15) is 32.6 Å². The van der Waals surface area contributed by atoms with E-state index < -0.39 is 0 Å². The molecule has 0 aromatic rings. The average molecular weight is 238 g/mol. The molecule has 52 valence electrons. The molecule has 1 aliphatic carbocycles. The maximum atomic E-state index is 10.9. The fraction of sp³-hybridized carbons (Fsp3) is 0.857. The van der Waals surface area contributed by atoms with Gasteiger partial charge >= 0.3 is 0 Å². The van der Waals surface area contributed by atoms with Crippen molar-refractivity contribution in [2.45, 2.75) is 36.0 Å². The van der Waals surface area contributed by atoms with E-state index in [1.54, 1.807) is 0 Å². The van der Waals surface area contributed by atoms with Crippen LogP contribution in [0.3, 0.4) is 0 Å². The maximum Gasteiger partial charge on any atom is 0.134 e. The van der Waals surface area contributed by atoms with Crippen molar-refractivity contribution in [1.82, 2.24) is 0 Å². The smallest absolute Gasteiger partial charge is 0.134 e. The van der Waals surface area contributed by atoms with E-state index in [2.05, 4.69) is 29.5 Å². The van der Waals surface area contributed by atoms with Gasteiger partial charge in [-0.1, -0.05) is 29.5 Å². The highest BCUT2D eigenvalue weighted by molar-refractivity contribution is 14.1. The van der Waals surface area contributed by atoms with E-state index >= 15 is 0 Å². The molecule has 9 heavy (non-hydrogen) atoms. The van der Waals surface area contributed by atoms with Gasteiger partial charge in [-0.2, -0.15) is 0 Å². The van der Waals surface area contributed by atoms with E-state index in [0.717, 1.165) is 19.3 Å². The summed E-state index contributed by atoms with van der Waals surface area (Å²) in [4.78, 5) is 10.9. The molecule has 1 rings (SSSR count). The van der Waals surface area contributed by atoms with Crippen molar-refractivity contribution >= 4 is 28.4 Å². The van der Waals surface area contributed by atoms with E-state index in [1.165, 1.54) is 6.42 Å². The van der Waals surface area contributed by atoms with Crippen molar-refractivity contribution < 1.29 is 4.79 Å². The third kappa shape index (κ3) is 2.24. The zero-order valence-corrected chi connectivity index (χ0v) is 7.77. The predicted molar refractivity (Wildman–Crippen MR) is 45.9 cm³/mol. The number of carbonyl (C=O) groups excluding carboxylic acids is 1. The Morgan fingerprint density at radius 2 is 2.33 bits per heavy atom. The van der Waals surface area contributed by atoms with Gasteiger partial charge in [-0.3, -0.25) is 4.79 Å². The number of hydrogen-bond donors (Lipinski definition) is 0. The second kappa shape index (κ2) is 2.56. The van der Waals surface area contributed by atoms with Gasteiger partial charge in [-0.15, -0.1) is 0 Å². The Morgan fingerprint density at radius 1 is 1.67 bits per heavy atom. The van der Waals surface area contributed by atoms with Gasteiger partial charge in [0.1, 0.15) is 5.78 Å². The molecule has 0 bridgehead atoms. The van der Waals surface area contributed by atoms with Crippen LogP contribution >= 0.6 is 22.6 Å². The van der Waals surface area contributed by atoms with Crippen LogP contribution in [-0.2, 0) is 4.79 Å². The minimum atomic E-state index is 0.271. The lowest BCUT2D eigenvalue weighted by atomic mass is 9.90. The van der Waals surface area contributed by atoms with Gasteiger partial charge in [0, 0.05) is 16.3 Å². The van der Waals surface area contributed by atoms with Crippen LogP contribution in [-0.4, -0.2) is 9.20 Å². The van der Waals surface area contributed by atoms with Crippen LogP contribution < -0.4 is 0 Å². The highest BCUT2D eigenvalue weighted by Crippen LogP contribution is 2.33. The molecule has 0 amide bonds. The Morgan fingerprint density at radius 3 is 2.67 bits per heavy atom. The number of hydrogen-bond acceptors (Lipinski definition) is 1. The molecule has 0 heterocycles. The second-order valence-electron chi connectivity index (χ2n) is 2.98. The summed E-state index contributed by atoms with van der Waals surface area (Å²) < 4.78 is 0.271. The summed E-state index contributed by atoms with van der Waals surface area (Å²) in [7, 11) is 0. The molecule has 0 aliphatic heterocycles. The molecular weight excluding hydrogens is 227 g/mol. The van der Waals surface area contributed by atoms with Gasteiger partial charge in [-0.05, 0) is 12.8 Å². The molecule has 1 saturated carbocycles. The standard InChI is InChI=1S/C7H11IO/c1-7(8)4-2-3-6(9)5-7/h2-5H2,1H3/t7-/m1/s1. The van der Waals surface area contributed by atoms with E-state index in [1.807, 2.05) is 0 Å². The zero-order chi connectivity index (χ0) is 6.91. The quantitative estimate of drug-likeness (QED) is 0.467. The zero-order valence-electron chi connectivity index (χ0n) is 5.61. The van der Waals surface area contributed by atoms with Crippen molar-refractivity contribution in [3.05, 3.63) is 0 Å². The van der Waals surface area contributed by atoms with Crippen molar-refractivity contribution in [2.75, 3.05) is 0 Å². The number of halogens is 1. The number of rotatable bonds is 0. The molecule has 0 saturated heterocycles. The summed E-state index contributed by atoms with van der Waals surface area (Å²) in [6, 6.07) is 0. The van der Waals surface area contributed by atoms with Crippen molar-refractivity contribution in [3.8, 4) is 0 Å². The van der Waals surface area contributed by atoms with Crippen molar-refractivity contribution in [1.29, 1.82) is 0 Å². The van der Waals surface area contributed by atoms with E-state index in [4.69, 9.17) is 0 Å². The molecule has 0 spiro atoms. The SMILES string of the molecule is C[C@@]1(I)CCCC(=O)C1. The highest BCUT2D eigenvalue weighted by atomic mass is 127. The van der Waals surface area contributed by atoms with Crippen LogP contribution in [0, 0.1) is 0 Å². The topological polar surface area (TPSA) is 17.1 Å². The third-order valence-corrected chi connectivity index (χ3v) is 2.64. The van der Waals surface area contributed by atoms with E-state index in [-0.39, 0.29) is 3.42 Å². The Bertz CT molecular complexity index is 129. The lowest BCUT2D eigenvalue weighted by molar-refractivity contribution is -0.120. The Kier molecular flexibility index (Phi) is 2.14. The van der Waals surface area contributed by atoms with E-state index in [0.29, 0.717) is 5.78 Å². The van der Waals surface area contributed by atoms with Crippen molar-refractivity contribution in [3.63, 3.8) is 0 Å². The molecule has 1 aliphatic rings. The Balaban J connectivity index is 2.51. The predicted octanol–water partition coefficient (Wildman–Crippen LogP) is 2.32. The largest absolute Gasteiger partial charge is 0.300 e. The van der Waals surface area contributed by atoms with Gasteiger partial charge < -0.3 is 0 Å². The first-order valence-corrected chi connectivity index (χ1v) is 4.39. The number of ketones is 1. The monoisotopic (exact) mass is 238 g/mol. The molecular formula is C7H11IO. The molecule has 2 heteroatoms. The molecule has 0 unspecified atom stereocenters. The molecule has 1 fully saturated rings. The van der Waals surface area contributed by atoms with Gasteiger partial charge in [0.25, 0.3) is 0 Å². The van der Waals surface area contributed by atoms with Crippen LogP contribution in [0.5, 0.6) is 0 Å². The summed E-state index contributed by atoms with van der Waals surface area (Å²) in [6.45, 7) is 2.16. The van der Waals surface area contributed by atoms with Gasteiger partial charge in [-0.25, -0.2) is 0 Å². The number of alkyl halides is 1. The first-order valence-electron chi connectivity index (χ1n) is 3.31.